The minimum atomic E-state index is 0.510. The Labute approximate surface area is 129 Å². The minimum absolute atomic E-state index is 0.510. The summed E-state index contributed by atoms with van der Waals surface area (Å²) in [7, 11) is 0. The van der Waals surface area contributed by atoms with Crippen molar-refractivity contribution in [3.63, 3.8) is 0 Å². The molecule has 20 heavy (non-hydrogen) atoms. The van der Waals surface area contributed by atoms with Crippen molar-refractivity contribution < 1.29 is 0 Å². The second-order valence-corrected chi connectivity index (χ2v) is 7.65. The number of halogens is 1. The van der Waals surface area contributed by atoms with Crippen LogP contribution in [0.2, 0.25) is 4.34 Å². The predicted molar refractivity (Wildman–Crippen MR) is 85.9 cm³/mol. The fourth-order valence-electron chi connectivity index (χ4n) is 3.56. The summed E-state index contributed by atoms with van der Waals surface area (Å²) in [6, 6.07) is 11.5. The quantitative estimate of drug-likeness (QED) is 0.866. The van der Waals surface area contributed by atoms with Crippen LogP contribution in [0.5, 0.6) is 0 Å². The standard InChI is InChI=1S/C17H18ClNS/c18-17-9-14-15(6-3-7-16(14)20-17)19-10-12-8-11-4-1-2-5-13(11)12/h1-2,4-5,9,12,15,19H,3,6-8,10H2. The molecule has 0 aliphatic heterocycles. The number of benzene rings is 1. The Morgan fingerprint density at radius 2 is 2.15 bits per heavy atom. The highest BCUT2D eigenvalue weighted by molar-refractivity contribution is 7.16. The second kappa shape index (κ2) is 5.18. The molecule has 0 saturated carbocycles. The van der Waals surface area contributed by atoms with Gasteiger partial charge in [0.05, 0.1) is 4.34 Å². The molecule has 1 aromatic heterocycles. The molecular weight excluding hydrogens is 286 g/mol. The molecule has 2 aromatic rings. The van der Waals surface area contributed by atoms with E-state index in [-0.39, 0.29) is 0 Å². The fourth-order valence-corrected chi connectivity index (χ4v) is 4.95. The van der Waals surface area contributed by atoms with E-state index in [1.807, 2.05) is 0 Å². The Morgan fingerprint density at radius 3 is 3.05 bits per heavy atom. The zero-order valence-electron chi connectivity index (χ0n) is 11.4. The number of hydrogen-bond donors (Lipinski definition) is 1. The summed E-state index contributed by atoms with van der Waals surface area (Å²) in [6.45, 7) is 1.09. The number of fused-ring (bicyclic) bond motifs is 2. The lowest BCUT2D eigenvalue weighted by molar-refractivity contribution is 0.428. The fraction of sp³-hybridized carbons (Fsp3) is 0.412. The largest absolute Gasteiger partial charge is 0.309 e. The maximum absolute atomic E-state index is 6.18. The highest BCUT2D eigenvalue weighted by Gasteiger charge is 2.28. The molecule has 1 nitrogen and oxygen atoms in total. The predicted octanol–water partition coefficient (Wildman–Crippen LogP) is 4.71. The molecule has 2 aliphatic carbocycles. The van der Waals surface area contributed by atoms with Gasteiger partial charge >= 0.3 is 0 Å². The van der Waals surface area contributed by atoms with E-state index in [1.54, 1.807) is 16.9 Å². The Bertz CT molecular complexity index is 634. The Hall–Kier alpha value is -0.830. The van der Waals surface area contributed by atoms with Gasteiger partial charge in [0.1, 0.15) is 0 Å². The maximum atomic E-state index is 6.18. The lowest BCUT2D eigenvalue weighted by atomic mass is 9.77. The van der Waals surface area contributed by atoms with Gasteiger partial charge in [-0.25, -0.2) is 0 Å². The molecule has 1 aromatic carbocycles. The van der Waals surface area contributed by atoms with Crippen LogP contribution in [0.15, 0.2) is 30.3 Å². The maximum Gasteiger partial charge on any atom is 0.0934 e. The van der Waals surface area contributed by atoms with Gasteiger partial charge in [-0.15, -0.1) is 11.3 Å². The van der Waals surface area contributed by atoms with Crippen molar-refractivity contribution in [3.05, 3.63) is 56.2 Å². The molecule has 0 saturated heterocycles. The second-order valence-electron chi connectivity index (χ2n) is 5.88. The van der Waals surface area contributed by atoms with Crippen LogP contribution in [0.25, 0.3) is 0 Å². The number of nitrogens with one attached hydrogen (secondary N) is 1. The van der Waals surface area contributed by atoms with E-state index in [1.165, 1.54) is 41.7 Å². The summed E-state index contributed by atoms with van der Waals surface area (Å²) in [5.74, 6) is 0.700. The van der Waals surface area contributed by atoms with Crippen molar-refractivity contribution in [3.8, 4) is 0 Å². The molecule has 1 heterocycles. The Kier molecular flexibility index (Phi) is 3.33. The van der Waals surface area contributed by atoms with Crippen molar-refractivity contribution in [2.24, 2.45) is 0 Å². The van der Waals surface area contributed by atoms with Crippen molar-refractivity contribution >= 4 is 22.9 Å². The molecule has 2 atom stereocenters. The van der Waals surface area contributed by atoms with Crippen LogP contribution in [0.3, 0.4) is 0 Å². The molecular formula is C17H18ClNS. The van der Waals surface area contributed by atoms with Crippen molar-refractivity contribution in [1.29, 1.82) is 0 Å². The van der Waals surface area contributed by atoms with Crippen LogP contribution in [0.4, 0.5) is 0 Å². The lowest BCUT2D eigenvalue weighted by Gasteiger charge is -2.33. The summed E-state index contributed by atoms with van der Waals surface area (Å²) in [5, 5.41) is 3.78. The first-order valence-corrected chi connectivity index (χ1v) is 8.60. The molecule has 0 radical (unpaired) electrons. The monoisotopic (exact) mass is 303 g/mol. The molecule has 0 fully saturated rings. The van der Waals surface area contributed by atoms with Gasteiger partial charge in [0, 0.05) is 23.4 Å². The molecule has 0 amide bonds. The molecule has 3 heteroatoms. The first kappa shape index (κ1) is 12.9. The van der Waals surface area contributed by atoms with E-state index < -0.39 is 0 Å². The summed E-state index contributed by atoms with van der Waals surface area (Å²) < 4.78 is 0.942. The molecule has 104 valence electrons. The number of thiophene rings is 1. The number of hydrogen-bond acceptors (Lipinski definition) is 2. The summed E-state index contributed by atoms with van der Waals surface area (Å²) in [5.41, 5.74) is 4.53. The molecule has 2 unspecified atom stereocenters. The Balaban J connectivity index is 1.44. The zero-order valence-corrected chi connectivity index (χ0v) is 12.9. The molecule has 4 rings (SSSR count). The minimum Gasteiger partial charge on any atom is -0.309 e. The van der Waals surface area contributed by atoms with Crippen molar-refractivity contribution in [1.82, 2.24) is 5.32 Å². The van der Waals surface area contributed by atoms with Gasteiger partial charge in [0.2, 0.25) is 0 Å². The van der Waals surface area contributed by atoms with E-state index in [9.17, 15) is 0 Å². The first-order valence-electron chi connectivity index (χ1n) is 7.40. The van der Waals surface area contributed by atoms with E-state index in [0.29, 0.717) is 12.0 Å². The van der Waals surface area contributed by atoms with Gasteiger partial charge in [-0.3, -0.25) is 0 Å². The van der Waals surface area contributed by atoms with E-state index >= 15 is 0 Å². The first-order chi connectivity index (χ1) is 9.81. The lowest BCUT2D eigenvalue weighted by Crippen LogP contribution is -2.32. The Morgan fingerprint density at radius 1 is 1.25 bits per heavy atom. The van der Waals surface area contributed by atoms with Crippen LogP contribution in [0, 0.1) is 0 Å². The van der Waals surface area contributed by atoms with Gasteiger partial charge in [-0.05, 0) is 48.4 Å². The normalized spacial score (nSPS) is 23.9. The van der Waals surface area contributed by atoms with Crippen LogP contribution in [-0.4, -0.2) is 6.54 Å². The number of rotatable bonds is 3. The highest BCUT2D eigenvalue weighted by atomic mass is 35.5. The average molecular weight is 304 g/mol. The van der Waals surface area contributed by atoms with E-state index in [4.69, 9.17) is 11.6 Å². The molecule has 1 N–H and O–H groups in total. The van der Waals surface area contributed by atoms with Crippen LogP contribution >= 0.6 is 22.9 Å². The zero-order chi connectivity index (χ0) is 13.5. The third kappa shape index (κ3) is 2.20. The van der Waals surface area contributed by atoms with Crippen LogP contribution in [-0.2, 0) is 12.8 Å². The topological polar surface area (TPSA) is 12.0 Å². The van der Waals surface area contributed by atoms with Crippen LogP contribution < -0.4 is 5.32 Å². The highest BCUT2D eigenvalue weighted by Crippen LogP contribution is 2.39. The molecule has 2 aliphatic rings. The molecule has 0 bridgehead atoms. The smallest absolute Gasteiger partial charge is 0.0934 e. The van der Waals surface area contributed by atoms with Crippen molar-refractivity contribution in [2.75, 3.05) is 6.54 Å². The molecule has 0 spiro atoms. The van der Waals surface area contributed by atoms with Gasteiger partial charge < -0.3 is 5.32 Å². The summed E-state index contributed by atoms with van der Waals surface area (Å²) >= 11 is 7.94. The van der Waals surface area contributed by atoms with Gasteiger partial charge in [-0.1, -0.05) is 35.9 Å². The SMILES string of the molecule is Clc1cc2c(s1)CCCC2NCC1Cc2ccccc21. The summed E-state index contributed by atoms with van der Waals surface area (Å²) in [4.78, 5) is 1.49. The van der Waals surface area contributed by atoms with E-state index in [0.717, 1.165) is 10.9 Å². The van der Waals surface area contributed by atoms with E-state index in [2.05, 4.69) is 35.6 Å². The van der Waals surface area contributed by atoms with Gasteiger partial charge in [0.15, 0.2) is 0 Å². The number of aryl methyl sites for hydroxylation is 1. The third-order valence-electron chi connectivity index (χ3n) is 4.66. The third-order valence-corrected chi connectivity index (χ3v) is 6.00. The van der Waals surface area contributed by atoms with Gasteiger partial charge in [-0.2, -0.15) is 0 Å². The summed E-state index contributed by atoms with van der Waals surface area (Å²) in [6.07, 6.45) is 4.96. The van der Waals surface area contributed by atoms with Gasteiger partial charge in [0.25, 0.3) is 0 Å². The van der Waals surface area contributed by atoms with Crippen molar-refractivity contribution in [2.45, 2.75) is 37.6 Å². The van der Waals surface area contributed by atoms with Crippen LogP contribution in [0.1, 0.15) is 46.4 Å². The average Bonchev–Trinajstić information content (AvgIpc) is 2.81.